The third kappa shape index (κ3) is 5.46. The van der Waals surface area contributed by atoms with Gasteiger partial charge in [0.25, 0.3) is 0 Å². The van der Waals surface area contributed by atoms with Crippen molar-refractivity contribution < 1.29 is 8.42 Å². The second kappa shape index (κ2) is 7.59. The third-order valence-electron chi connectivity index (χ3n) is 3.22. The maximum Gasteiger partial charge on any atom is 0.149 e. The maximum absolute atomic E-state index is 11.2. The van der Waals surface area contributed by atoms with Crippen molar-refractivity contribution in [3.8, 4) is 0 Å². The summed E-state index contributed by atoms with van der Waals surface area (Å²) in [6.45, 7) is 5.59. The molecule has 5 nitrogen and oxygen atoms in total. The van der Waals surface area contributed by atoms with Crippen molar-refractivity contribution in [1.29, 1.82) is 0 Å². The largest absolute Gasteiger partial charge is 0.372 e. The molecule has 114 valence electrons. The van der Waals surface area contributed by atoms with Crippen LogP contribution < -0.4 is 10.2 Å². The van der Waals surface area contributed by atoms with Crippen LogP contribution in [0.25, 0.3) is 0 Å². The van der Waals surface area contributed by atoms with Crippen LogP contribution in [0.5, 0.6) is 0 Å². The lowest BCUT2D eigenvalue weighted by atomic mass is 10.1. The van der Waals surface area contributed by atoms with Gasteiger partial charge < -0.3 is 10.2 Å². The number of pyridine rings is 1. The second-order valence-corrected chi connectivity index (χ2v) is 7.27. The van der Waals surface area contributed by atoms with Crippen LogP contribution in [0.1, 0.15) is 32.0 Å². The molecule has 0 aliphatic heterocycles. The van der Waals surface area contributed by atoms with E-state index in [9.17, 15) is 8.42 Å². The van der Waals surface area contributed by atoms with Gasteiger partial charge in [-0.3, -0.25) is 4.98 Å². The fraction of sp³-hybridized carbons (Fsp3) is 0.643. The minimum Gasteiger partial charge on any atom is -0.372 e. The van der Waals surface area contributed by atoms with Gasteiger partial charge in [0, 0.05) is 25.9 Å². The number of sulfone groups is 1. The Balaban J connectivity index is 2.70. The average Bonchev–Trinajstić information content (AvgIpc) is 2.41. The van der Waals surface area contributed by atoms with E-state index in [-0.39, 0.29) is 11.8 Å². The van der Waals surface area contributed by atoms with Gasteiger partial charge in [-0.25, -0.2) is 8.42 Å². The number of aromatic nitrogens is 1. The van der Waals surface area contributed by atoms with Crippen molar-refractivity contribution in [1.82, 2.24) is 10.3 Å². The van der Waals surface area contributed by atoms with Gasteiger partial charge >= 0.3 is 0 Å². The predicted molar refractivity (Wildman–Crippen MR) is 83.9 cm³/mol. The normalized spacial score (nSPS) is 13.2. The Bertz CT molecular complexity index is 500. The molecule has 20 heavy (non-hydrogen) atoms. The molecule has 0 bridgehead atoms. The van der Waals surface area contributed by atoms with E-state index in [0.29, 0.717) is 6.54 Å². The van der Waals surface area contributed by atoms with Crippen LogP contribution in [0.3, 0.4) is 0 Å². The van der Waals surface area contributed by atoms with Crippen LogP contribution in [0.15, 0.2) is 18.3 Å². The average molecular weight is 299 g/mol. The van der Waals surface area contributed by atoms with Crippen LogP contribution in [-0.2, 0) is 9.84 Å². The van der Waals surface area contributed by atoms with Crippen molar-refractivity contribution >= 4 is 15.5 Å². The molecule has 0 spiro atoms. The summed E-state index contributed by atoms with van der Waals surface area (Å²) in [5, 5.41) is 3.39. The van der Waals surface area contributed by atoms with Crippen LogP contribution in [0.2, 0.25) is 0 Å². The molecule has 0 aliphatic carbocycles. The molecule has 0 saturated carbocycles. The summed E-state index contributed by atoms with van der Waals surface area (Å²) in [6, 6.07) is 4.27. The van der Waals surface area contributed by atoms with E-state index in [0.717, 1.165) is 24.3 Å². The van der Waals surface area contributed by atoms with Gasteiger partial charge in [0.05, 0.1) is 23.3 Å². The summed E-state index contributed by atoms with van der Waals surface area (Å²) < 4.78 is 22.3. The monoisotopic (exact) mass is 299 g/mol. The number of rotatable bonds is 8. The topological polar surface area (TPSA) is 62.3 Å². The first-order chi connectivity index (χ1) is 9.37. The Hall–Kier alpha value is -1.14. The Kier molecular flexibility index (Phi) is 6.42. The lowest BCUT2D eigenvalue weighted by Crippen LogP contribution is -2.25. The quantitative estimate of drug-likeness (QED) is 0.790. The standard InChI is InChI=1S/C14H25N3O2S/c1-5-13(15-6-2)14-8-7-12(11-16-14)17(3)9-10-20(4,18)19/h7-8,11,13,15H,5-6,9-10H2,1-4H3. The number of hydrogen-bond acceptors (Lipinski definition) is 5. The van der Waals surface area contributed by atoms with E-state index in [4.69, 9.17) is 0 Å². The molecule has 1 aromatic heterocycles. The first-order valence-electron chi connectivity index (χ1n) is 6.95. The fourth-order valence-corrected chi connectivity index (χ4v) is 2.57. The lowest BCUT2D eigenvalue weighted by Gasteiger charge is -2.20. The van der Waals surface area contributed by atoms with E-state index in [1.807, 2.05) is 24.1 Å². The zero-order valence-corrected chi connectivity index (χ0v) is 13.6. The smallest absolute Gasteiger partial charge is 0.149 e. The van der Waals surface area contributed by atoms with E-state index < -0.39 is 9.84 Å². The van der Waals surface area contributed by atoms with Crippen molar-refractivity contribution in [3.63, 3.8) is 0 Å². The Morgan fingerprint density at radius 1 is 1.35 bits per heavy atom. The molecule has 0 aromatic carbocycles. The molecule has 1 rings (SSSR count). The first kappa shape index (κ1) is 16.9. The molecule has 0 aliphatic rings. The summed E-state index contributed by atoms with van der Waals surface area (Å²) in [6.07, 6.45) is 4.05. The summed E-state index contributed by atoms with van der Waals surface area (Å²) >= 11 is 0. The van der Waals surface area contributed by atoms with Gasteiger partial charge in [0.2, 0.25) is 0 Å². The minimum absolute atomic E-state index is 0.153. The molecule has 0 fully saturated rings. The predicted octanol–water partition coefficient (Wildman–Crippen LogP) is 1.62. The van der Waals surface area contributed by atoms with Crippen LogP contribution in [0, 0.1) is 0 Å². The van der Waals surface area contributed by atoms with Gasteiger partial charge in [-0.2, -0.15) is 0 Å². The van der Waals surface area contributed by atoms with Gasteiger partial charge in [-0.05, 0) is 25.1 Å². The van der Waals surface area contributed by atoms with Crippen molar-refractivity contribution in [2.45, 2.75) is 26.3 Å². The maximum atomic E-state index is 11.2. The van der Waals surface area contributed by atoms with Crippen LogP contribution in [0.4, 0.5) is 5.69 Å². The molecule has 1 N–H and O–H groups in total. The first-order valence-corrected chi connectivity index (χ1v) is 9.01. The summed E-state index contributed by atoms with van der Waals surface area (Å²) in [5.41, 5.74) is 1.96. The molecule has 1 atom stereocenters. The van der Waals surface area contributed by atoms with E-state index in [1.165, 1.54) is 6.26 Å². The molecule has 0 saturated heterocycles. The Morgan fingerprint density at radius 3 is 2.50 bits per heavy atom. The SMILES string of the molecule is CCNC(CC)c1ccc(N(C)CCS(C)(=O)=O)cn1. The zero-order valence-electron chi connectivity index (χ0n) is 12.8. The number of nitrogens with zero attached hydrogens (tertiary/aromatic N) is 2. The number of anilines is 1. The summed E-state index contributed by atoms with van der Waals surface area (Å²) in [7, 11) is -1.05. The molecule has 1 aromatic rings. The highest BCUT2D eigenvalue weighted by Gasteiger charge is 2.11. The Labute approximate surface area is 122 Å². The molecule has 1 heterocycles. The van der Waals surface area contributed by atoms with Crippen molar-refractivity contribution in [3.05, 3.63) is 24.0 Å². The second-order valence-electron chi connectivity index (χ2n) is 5.01. The Morgan fingerprint density at radius 2 is 2.05 bits per heavy atom. The molecule has 0 amide bonds. The van der Waals surface area contributed by atoms with Crippen LogP contribution >= 0.6 is 0 Å². The minimum atomic E-state index is -2.93. The van der Waals surface area contributed by atoms with E-state index >= 15 is 0 Å². The highest BCUT2D eigenvalue weighted by molar-refractivity contribution is 7.90. The number of hydrogen-bond donors (Lipinski definition) is 1. The summed E-state index contributed by atoms with van der Waals surface area (Å²) in [5.74, 6) is 0.153. The van der Waals surface area contributed by atoms with Gasteiger partial charge in [-0.1, -0.05) is 13.8 Å². The number of nitrogens with one attached hydrogen (secondary N) is 1. The van der Waals surface area contributed by atoms with E-state index in [2.05, 4.69) is 24.1 Å². The van der Waals surface area contributed by atoms with Gasteiger partial charge in [0.1, 0.15) is 9.84 Å². The molecular weight excluding hydrogens is 274 g/mol. The van der Waals surface area contributed by atoms with E-state index in [1.54, 1.807) is 6.20 Å². The lowest BCUT2D eigenvalue weighted by molar-refractivity contribution is 0.525. The van der Waals surface area contributed by atoms with Crippen molar-refractivity contribution in [2.24, 2.45) is 0 Å². The van der Waals surface area contributed by atoms with Gasteiger partial charge in [-0.15, -0.1) is 0 Å². The zero-order chi connectivity index (χ0) is 15.2. The molecule has 1 unspecified atom stereocenters. The fourth-order valence-electron chi connectivity index (χ4n) is 1.97. The molecular formula is C14H25N3O2S. The molecule has 6 heteroatoms. The van der Waals surface area contributed by atoms with Crippen molar-refractivity contribution in [2.75, 3.05) is 37.0 Å². The highest BCUT2D eigenvalue weighted by Crippen LogP contribution is 2.17. The summed E-state index contributed by atoms with van der Waals surface area (Å²) in [4.78, 5) is 6.39. The third-order valence-corrected chi connectivity index (χ3v) is 4.15. The van der Waals surface area contributed by atoms with Crippen LogP contribution in [-0.4, -0.2) is 45.5 Å². The molecule has 0 radical (unpaired) electrons. The highest BCUT2D eigenvalue weighted by atomic mass is 32.2. The van der Waals surface area contributed by atoms with Gasteiger partial charge in [0.15, 0.2) is 0 Å².